The van der Waals surface area contributed by atoms with Gasteiger partial charge in [-0.3, -0.25) is 20.2 Å². The Morgan fingerprint density at radius 2 is 1.77 bits per heavy atom. The van der Waals surface area contributed by atoms with E-state index in [0.29, 0.717) is 18.0 Å². The van der Waals surface area contributed by atoms with Crippen LogP contribution in [0.4, 0.5) is 10.5 Å². The first-order valence-electron chi connectivity index (χ1n) is 10.9. The molecule has 1 aromatic carbocycles. The van der Waals surface area contributed by atoms with Crippen LogP contribution in [0.3, 0.4) is 0 Å². The maximum Gasteiger partial charge on any atom is 0.411 e. The summed E-state index contributed by atoms with van der Waals surface area (Å²) in [5, 5.41) is 22.9. The van der Waals surface area contributed by atoms with Crippen molar-refractivity contribution in [3.63, 3.8) is 0 Å². The first kappa shape index (κ1) is 33.3. The molecule has 2 amide bonds. The van der Waals surface area contributed by atoms with Crippen LogP contribution in [0.1, 0.15) is 44.0 Å². The zero-order valence-electron chi connectivity index (χ0n) is 21.3. The number of nitrogens with one attached hydrogen (secondary N) is 2. The Morgan fingerprint density at radius 1 is 1.17 bits per heavy atom. The third-order valence-electron chi connectivity index (χ3n) is 3.95. The summed E-state index contributed by atoms with van der Waals surface area (Å²) in [5.41, 5.74) is 0.179. The van der Waals surface area contributed by atoms with Gasteiger partial charge >= 0.3 is 6.09 Å². The van der Waals surface area contributed by atoms with Crippen molar-refractivity contribution < 1.29 is 33.8 Å². The molecule has 0 bridgehead atoms. The Bertz CT molecular complexity index is 867. The summed E-state index contributed by atoms with van der Waals surface area (Å²) in [6, 6.07) is 2.93. The lowest BCUT2D eigenvalue weighted by molar-refractivity contribution is -0.418. The van der Waals surface area contributed by atoms with E-state index in [1.165, 1.54) is 44.6 Å². The summed E-state index contributed by atoms with van der Waals surface area (Å²) in [6.45, 7) is 9.69. The van der Waals surface area contributed by atoms with E-state index in [2.05, 4.69) is 17.2 Å². The highest BCUT2D eigenvalue weighted by Crippen LogP contribution is 2.33. The molecule has 0 aliphatic rings. The van der Waals surface area contributed by atoms with Crippen molar-refractivity contribution in [1.29, 1.82) is 0 Å². The summed E-state index contributed by atoms with van der Waals surface area (Å²) in [7, 11) is 3.87. The molecule has 0 aliphatic carbocycles. The second-order valence-electron chi connectivity index (χ2n) is 6.07. The number of nitrogens with zero attached hydrogens (tertiary/aromatic N) is 1. The number of carbonyl (C=O) groups is 2. The van der Waals surface area contributed by atoms with E-state index in [9.17, 15) is 19.7 Å². The van der Waals surface area contributed by atoms with E-state index in [1.807, 2.05) is 20.8 Å². The number of nitro groups is 1. The van der Waals surface area contributed by atoms with Crippen molar-refractivity contribution in [3.8, 4) is 11.5 Å². The number of unbranched alkanes of at least 4 members (excludes halogenated alkanes) is 1. The normalized spacial score (nSPS) is 10.1. The molecule has 1 rings (SSSR count). The van der Waals surface area contributed by atoms with E-state index in [4.69, 9.17) is 19.3 Å². The van der Waals surface area contributed by atoms with Gasteiger partial charge in [-0.2, -0.15) is 0 Å². The van der Waals surface area contributed by atoms with Crippen molar-refractivity contribution in [1.82, 2.24) is 5.32 Å². The largest absolute Gasteiger partial charge is 0.493 e. The molecule has 0 heterocycles. The highest BCUT2D eigenvalue weighted by molar-refractivity contribution is 6.03. The highest BCUT2D eigenvalue weighted by atomic mass is 16.6. The van der Waals surface area contributed by atoms with Gasteiger partial charge in [0.05, 0.1) is 30.4 Å². The van der Waals surface area contributed by atoms with Crippen LogP contribution in [-0.2, 0) is 4.74 Å². The van der Waals surface area contributed by atoms with Crippen LogP contribution in [0.15, 0.2) is 48.7 Å². The molecular weight excluding hydrogens is 458 g/mol. The molecular formula is C24H37N3O8. The number of anilines is 1. The van der Waals surface area contributed by atoms with Gasteiger partial charge in [0.15, 0.2) is 11.5 Å². The number of aliphatic hydroxyl groups excluding tert-OH is 1. The average Bonchev–Trinajstić information content (AvgIpc) is 2.88. The van der Waals surface area contributed by atoms with Gasteiger partial charge in [-0.05, 0) is 18.6 Å². The first-order valence-corrected chi connectivity index (χ1v) is 10.9. The number of aliphatic hydroxyl groups is 1. The number of hydrogen-bond donors (Lipinski definition) is 3. The van der Waals surface area contributed by atoms with Gasteiger partial charge in [-0.1, -0.05) is 39.8 Å². The van der Waals surface area contributed by atoms with E-state index in [-0.39, 0.29) is 29.5 Å². The number of methoxy groups -OCH3 is 2. The Morgan fingerprint density at radius 3 is 2.29 bits per heavy atom. The second-order valence-corrected chi connectivity index (χ2v) is 6.07. The Balaban J connectivity index is 0. The average molecular weight is 496 g/mol. The van der Waals surface area contributed by atoms with Crippen molar-refractivity contribution in [3.05, 3.63) is 64.4 Å². The summed E-state index contributed by atoms with van der Waals surface area (Å²) < 4.78 is 15.5. The molecule has 11 heteroatoms. The Kier molecular flexibility index (Phi) is 19.7. The maximum absolute atomic E-state index is 12.6. The topological polar surface area (TPSA) is 149 Å². The van der Waals surface area contributed by atoms with Crippen LogP contribution in [0, 0.1) is 10.1 Å². The van der Waals surface area contributed by atoms with E-state index in [0.717, 1.165) is 26.0 Å². The number of rotatable bonds is 12. The quantitative estimate of drug-likeness (QED) is 0.168. The van der Waals surface area contributed by atoms with Crippen molar-refractivity contribution >= 4 is 17.7 Å². The minimum atomic E-state index is -0.818. The summed E-state index contributed by atoms with van der Waals surface area (Å²) in [6.07, 6.45) is 6.03. The standard InChI is InChI=1S/C21H27N3O7.C2H6.CH4O/c1-5-7-11-22-20(25)16-13-18(29-3)19(30-4)14-17(16)23-21(26)31-12-9-8-10-15(6-2)24(27)28;2*1-2/h6,8-10,13-14H,2,5,7,11-12H2,1,3-4H3,(H,22,25)(H,23,26);1-2H3;2H,1H3/b9-8+,15-10+;;. The lowest BCUT2D eigenvalue weighted by Crippen LogP contribution is -2.26. The molecule has 35 heavy (non-hydrogen) atoms. The number of amides is 2. The highest BCUT2D eigenvalue weighted by Gasteiger charge is 2.18. The SMILES string of the molecule is C=C/C(=C\C=C\COC(=O)Nc1cc(OC)c(OC)cc1C(=O)NCCCC)[N+](=O)[O-].CC.CO. The number of hydrogen-bond acceptors (Lipinski definition) is 8. The maximum atomic E-state index is 12.6. The van der Waals surface area contributed by atoms with Crippen LogP contribution >= 0.6 is 0 Å². The molecule has 1 aromatic rings. The van der Waals surface area contributed by atoms with Crippen molar-refractivity contribution in [2.24, 2.45) is 0 Å². The van der Waals surface area contributed by atoms with Crippen molar-refractivity contribution in [2.75, 3.05) is 39.8 Å². The summed E-state index contributed by atoms with van der Waals surface area (Å²) in [5.74, 6) is 0.275. The second kappa shape index (κ2) is 20.7. The van der Waals surface area contributed by atoms with Gasteiger partial charge in [-0.25, -0.2) is 4.79 Å². The molecule has 0 saturated carbocycles. The molecule has 0 fully saturated rings. The van der Waals surface area contributed by atoms with Gasteiger partial charge in [0.1, 0.15) is 6.61 Å². The van der Waals surface area contributed by atoms with Gasteiger partial charge in [-0.15, -0.1) is 0 Å². The first-order chi connectivity index (χ1) is 16.9. The fourth-order valence-corrected chi connectivity index (χ4v) is 2.34. The van der Waals surface area contributed by atoms with Crippen LogP contribution in [0.25, 0.3) is 0 Å². The molecule has 0 saturated heterocycles. The third kappa shape index (κ3) is 12.8. The molecule has 0 radical (unpaired) electrons. The number of allylic oxidation sites excluding steroid dienone is 3. The van der Waals surface area contributed by atoms with Gasteiger partial charge in [0.25, 0.3) is 11.6 Å². The van der Waals surface area contributed by atoms with Crippen LogP contribution in [0.5, 0.6) is 11.5 Å². The molecule has 0 spiro atoms. The molecule has 3 N–H and O–H groups in total. The smallest absolute Gasteiger partial charge is 0.411 e. The van der Waals surface area contributed by atoms with Gasteiger partial charge in [0, 0.05) is 31.9 Å². The molecule has 0 aromatic heterocycles. The molecule has 11 nitrogen and oxygen atoms in total. The summed E-state index contributed by atoms with van der Waals surface area (Å²) >= 11 is 0. The summed E-state index contributed by atoms with van der Waals surface area (Å²) in [4.78, 5) is 34.8. The van der Waals surface area contributed by atoms with E-state index < -0.39 is 11.0 Å². The zero-order valence-corrected chi connectivity index (χ0v) is 21.3. The predicted molar refractivity (Wildman–Crippen MR) is 136 cm³/mol. The number of ether oxygens (including phenoxy) is 3. The van der Waals surface area contributed by atoms with Crippen LogP contribution in [-0.4, -0.2) is 56.5 Å². The molecule has 0 aliphatic heterocycles. The fourth-order valence-electron chi connectivity index (χ4n) is 2.34. The van der Waals surface area contributed by atoms with Crippen molar-refractivity contribution in [2.45, 2.75) is 33.6 Å². The Labute approximate surface area is 206 Å². The molecule has 0 unspecified atom stereocenters. The van der Waals surface area contributed by atoms with Gasteiger partial charge < -0.3 is 24.6 Å². The number of carbonyl (C=O) groups excluding carboxylic acids is 2. The lowest BCUT2D eigenvalue weighted by Gasteiger charge is -2.15. The molecule has 196 valence electrons. The Hall–Kier alpha value is -3.86. The minimum absolute atomic E-state index is 0.143. The number of benzene rings is 1. The zero-order chi connectivity index (χ0) is 27.2. The third-order valence-corrected chi connectivity index (χ3v) is 3.95. The lowest BCUT2D eigenvalue weighted by atomic mass is 10.1. The van der Waals surface area contributed by atoms with Gasteiger partial charge in [0.2, 0.25) is 0 Å². The monoisotopic (exact) mass is 495 g/mol. The van der Waals surface area contributed by atoms with Crippen LogP contribution < -0.4 is 20.1 Å². The predicted octanol–water partition coefficient (Wildman–Crippen LogP) is 4.32. The van der Waals surface area contributed by atoms with E-state index >= 15 is 0 Å². The fraction of sp³-hybridized carbons (Fsp3) is 0.417. The molecule has 0 atom stereocenters. The minimum Gasteiger partial charge on any atom is -0.493 e. The van der Waals surface area contributed by atoms with Crippen LogP contribution in [0.2, 0.25) is 0 Å². The van der Waals surface area contributed by atoms with E-state index in [1.54, 1.807) is 0 Å².